The number of nitrogens with two attached hydrogens (primary N) is 1. The summed E-state index contributed by atoms with van der Waals surface area (Å²) in [6.45, 7) is 2.41. The van der Waals surface area contributed by atoms with Gasteiger partial charge in [0.05, 0.1) is 0 Å². The summed E-state index contributed by atoms with van der Waals surface area (Å²) in [5.74, 6) is 0.498. The summed E-state index contributed by atoms with van der Waals surface area (Å²) >= 11 is 6.96. The average molecular weight is 348 g/mol. The van der Waals surface area contributed by atoms with Crippen molar-refractivity contribution in [3.05, 3.63) is 28.2 Å². The van der Waals surface area contributed by atoms with Crippen LogP contribution in [-0.4, -0.2) is 31.5 Å². The molecule has 21 heavy (non-hydrogen) atoms. The summed E-state index contributed by atoms with van der Waals surface area (Å²) in [6, 6.07) is 4.86. The second kappa shape index (κ2) is 6.56. The van der Waals surface area contributed by atoms with Gasteiger partial charge in [0.25, 0.3) is 0 Å². The lowest BCUT2D eigenvalue weighted by Crippen LogP contribution is -2.28. The largest absolute Gasteiger partial charge is 0.369 e. The van der Waals surface area contributed by atoms with Gasteiger partial charge in [-0.05, 0) is 19.1 Å². The van der Waals surface area contributed by atoms with E-state index in [1.165, 1.54) is 17.4 Å². The quantitative estimate of drug-likeness (QED) is 0.539. The highest BCUT2D eigenvalue weighted by atomic mass is 35.5. The number of thiophene rings is 1. The molecule has 0 aliphatic carbocycles. The second-order valence-corrected chi connectivity index (χ2v) is 7.79. The third-order valence-electron chi connectivity index (χ3n) is 2.42. The van der Waals surface area contributed by atoms with E-state index >= 15 is 0 Å². The highest BCUT2D eigenvalue weighted by Crippen LogP contribution is 2.20. The van der Waals surface area contributed by atoms with Crippen molar-refractivity contribution >= 4 is 44.7 Å². The molecule has 114 valence electrons. The lowest BCUT2D eigenvalue weighted by Gasteiger charge is -2.07. The standard InChI is InChI=1S/C11H14ClN5O2S2/c1-7-2-3-10(20-7)21(18,19)15-5-4-14-9-6-8(12)16-11(13)17-9/h2-3,6,15H,4-5H2,1H3,(H3,13,14,16,17). The molecule has 0 fully saturated rings. The SMILES string of the molecule is Cc1ccc(S(=O)(=O)NCCNc2cc(Cl)nc(N)n2)s1. The maximum atomic E-state index is 12.0. The molecule has 0 atom stereocenters. The Kier molecular flexibility index (Phi) is 4.99. The molecule has 7 nitrogen and oxygen atoms in total. The molecule has 0 saturated carbocycles. The van der Waals surface area contributed by atoms with Crippen LogP contribution in [0.1, 0.15) is 4.88 Å². The molecule has 4 N–H and O–H groups in total. The zero-order valence-electron chi connectivity index (χ0n) is 11.1. The number of anilines is 2. The molecule has 2 rings (SSSR count). The molecule has 0 aromatic carbocycles. The Morgan fingerprint density at radius 3 is 2.71 bits per heavy atom. The predicted molar refractivity (Wildman–Crippen MR) is 84.2 cm³/mol. The van der Waals surface area contributed by atoms with Crippen LogP contribution in [0.25, 0.3) is 0 Å². The average Bonchev–Trinajstić information content (AvgIpc) is 2.81. The number of nitrogens with zero attached hydrogens (tertiary/aromatic N) is 2. The van der Waals surface area contributed by atoms with Gasteiger partial charge in [0.15, 0.2) is 0 Å². The van der Waals surface area contributed by atoms with Gasteiger partial charge in [0, 0.05) is 24.0 Å². The van der Waals surface area contributed by atoms with E-state index in [9.17, 15) is 8.42 Å². The van der Waals surface area contributed by atoms with Crippen molar-refractivity contribution < 1.29 is 8.42 Å². The number of sulfonamides is 1. The van der Waals surface area contributed by atoms with E-state index in [2.05, 4.69) is 20.0 Å². The lowest BCUT2D eigenvalue weighted by atomic mass is 10.5. The summed E-state index contributed by atoms with van der Waals surface area (Å²) < 4.78 is 26.7. The molecule has 0 aliphatic heterocycles. The fourth-order valence-corrected chi connectivity index (χ4v) is 4.08. The van der Waals surface area contributed by atoms with E-state index in [0.29, 0.717) is 16.6 Å². The van der Waals surface area contributed by atoms with Crippen molar-refractivity contribution in [3.8, 4) is 0 Å². The van der Waals surface area contributed by atoms with Crippen LogP contribution >= 0.6 is 22.9 Å². The van der Waals surface area contributed by atoms with E-state index in [1.54, 1.807) is 12.1 Å². The Bertz CT molecular complexity index is 712. The molecule has 0 saturated heterocycles. The van der Waals surface area contributed by atoms with E-state index in [4.69, 9.17) is 17.3 Å². The van der Waals surface area contributed by atoms with Crippen LogP contribution in [0.15, 0.2) is 22.4 Å². The minimum absolute atomic E-state index is 0.0552. The highest BCUT2D eigenvalue weighted by molar-refractivity contribution is 7.91. The Hall–Kier alpha value is -1.42. The molecule has 0 aliphatic rings. The first-order valence-corrected chi connectivity index (χ1v) is 8.64. The van der Waals surface area contributed by atoms with Gasteiger partial charge in [-0.3, -0.25) is 0 Å². The number of rotatable bonds is 6. The van der Waals surface area contributed by atoms with Gasteiger partial charge in [0.1, 0.15) is 15.2 Å². The molecular formula is C11H14ClN5O2S2. The van der Waals surface area contributed by atoms with Gasteiger partial charge in [0.2, 0.25) is 16.0 Å². The molecule has 2 heterocycles. The van der Waals surface area contributed by atoms with Crippen LogP contribution in [0.5, 0.6) is 0 Å². The Balaban J connectivity index is 1.87. The van der Waals surface area contributed by atoms with Crippen molar-refractivity contribution in [1.29, 1.82) is 0 Å². The van der Waals surface area contributed by atoms with E-state index in [1.807, 2.05) is 6.92 Å². The van der Waals surface area contributed by atoms with Crippen molar-refractivity contribution in [3.63, 3.8) is 0 Å². The minimum Gasteiger partial charge on any atom is -0.369 e. The second-order valence-electron chi connectivity index (χ2n) is 4.12. The van der Waals surface area contributed by atoms with Crippen LogP contribution in [0.4, 0.5) is 11.8 Å². The molecule has 0 bridgehead atoms. The number of halogens is 1. The van der Waals surface area contributed by atoms with Crippen LogP contribution in [0.3, 0.4) is 0 Å². The number of aromatic nitrogens is 2. The zero-order valence-corrected chi connectivity index (χ0v) is 13.5. The maximum Gasteiger partial charge on any atom is 0.250 e. The fourth-order valence-electron chi connectivity index (χ4n) is 1.53. The van der Waals surface area contributed by atoms with E-state index < -0.39 is 10.0 Å². The van der Waals surface area contributed by atoms with Crippen molar-refractivity contribution in [2.75, 3.05) is 24.1 Å². The minimum atomic E-state index is -3.47. The fraction of sp³-hybridized carbons (Fsp3) is 0.273. The topological polar surface area (TPSA) is 110 Å². The molecule has 2 aromatic heterocycles. The van der Waals surface area contributed by atoms with Crippen molar-refractivity contribution in [1.82, 2.24) is 14.7 Å². The normalized spacial score (nSPS) is 11.5. The molecule has 0 spiro atoms. The van der Waals surface area contributed by atoms with Crippen LogP contribution in [-0.2, 0) is 10.0 Å². The smallest absolute Gasteiger partial charge is 0.250 e. The zero-order chi connectivity index (χ0) is 15.5. The number of hydrogen-bond donors (Lipinski definition) is 3. The number of nitrogen functional groups attached to an aromatic ring is 1. The molecule has 0 unspecified atom stereocenters. The van der Waals surface area contributed by atoms with Gasteiger partial charge in [-0.1, -0.05) is 11.6 Å². The van der Waals surface area contributed by atoms with Crippen LogP contribution in [0.2, 0.25) is 5.15 Å². The first kappa shape index (κ1) is 16.0. The summed E-state index contributed by atoms with van der Waals surface area (Å²) in [7, 11) is -3.47. The first-order chi connectivity index (χ1) is 9.87. The van der Waals surface area contributed by atoms with Crippen molar-refractivity contribution in [2.45, 2.75) is 11.1 Å². The highest BCUT2D eigenvalue weighted by Gasteiger charge is 2.15. The summed E-state index contributed by atoms with van der Waals surface area (Å²) in [4.78, 5) is 8.60. The van der Waals surface area contributed by atoms with Crippen LogP contribution in [0, 0.1) is 6.92 Å². The first-order valence-electron chi connectivity index (χ1n) is 5.97. The van der Waals surface area contributed by atoms with Gasteiger partial charge in [-0.2, -0.15) is 4.98 Å². The number of nitrogens with one attached hydrogen (secondary N) is 2. The predicted octanol–water partition coefficient (Wildman–Crippen LogP) is 1.47. The van der Waals surface area contributed by atoms with E-state index in [-0.39, 0.29) is 17.6 Å². The molecule has 0 amide bonds. The molecular weight excluding hydrogens is 334 g/mol. The Morgan fingerprint density at radius 2 is 2.10 bits per heavy atom. The van der Waals surface area contributed by atoms with Crippen molar-refractivity contribution in [2.24, 2.45) is 0 Å². The summed E-state index contributed by atoms with van der Waals surface area (Å²) in [6.07, 6.45) is 0. The molecule has 2 aromatic rings. The Morgan fingerprint density at radius 1 is 1.33 bits per heavy atom. The van der Waals surface area contributed by atoms with Gasteiger partial charge in [-0.25, -0.2) is 18.1 Å². The molecule has 0 radical (unpaired) electrons. The van der Waals surface area contributed by atoms with E-state index in [0.717, 1.165) is 4.88 Å². The van der Waals surface area contributed by atoms with Crippen LogP contribution < -0.4 is 15.8 Å². The van der Waals surface area contributed by atoms with Gasteiger partial charge >= 0.3 is 0 Å². The number of aryl methyl sites for hydroxylation is 1. The maximum absolute atomic E-state index is 12.0. The number of hydrogen-bond acceptors (Lipinski definition) is 7. The molecule has 10 heteroatoms. The third kappa shape index (κ3) is 4.53. The van der Waals surface area contributed by atoms with Gasteiger partial charge < -0.3 is 11.1 Å². The third-order valence-corrected chi connectivity index (χ3v) is 5.56. The Labute approximate surface area is 131 Å². The monoisotopic (exact) mass is 347 g/mol. The summed E-state index contributed by atoms with van der Waals surface area (Å²) in [5.41, 5.74) is 5.45. The van der Waals surface area contributed by atoms with Gasteiger partial charge in [-0.15, -0.1) is 11.3 Å². The lowest BCUT2D eigenvalue weighted by molar-refractivity contribution is 0.585. The summed E-state index contributed by atoms with van der Waals surface area (Å²) in [5, 5.41) is 3.14.